The standard InChI is InChI=1S/C21H15ClN2O/c22-17-10-8-15(9-11-17)14-24-21(25)13-12-20(23-24)19-7-3-5-16-4-1-2-6-18(16)19/h1-13H,14H2. The molecule has 1 aromatic heterocycles. The fraction of sp³-hybridized carbons (Fsp3) is 0.0476. The van der Waals surface area contributed by atoms with E-state index >= 15 is 0 Å². The predicted octanol–water partition coefficient (Wildman–Crippen LogP) is 4.77. The molecule has 3 nitrogen and oxygen atoms in total. The van der Waals surface area contributed by atoms with E-state index in [1.165, 1.54) is 4.68 Å². The van der Waals surface area contributed by atoms with Gasteiger partial charge in [0.25, 0.3) is 5.56 Å². The van der Waals surface area contributed by atoms with E-state index in [4.69, 9.17) is 11.6 Å². The van der Waals surface area contributed by atoms with Crippen molar-refractivity contribution in [3.8, 4) is 11.3 Å². The van der Waals surface area contributed by atoms with Gasteiger partial charge in [-0.15, -0.1) is 0 Å². The number of nitrogens with zero attached hydrogens (tertiary/aromatic N) is 2. The van der Waals surface area contributed by atoms with Crippen LogP contribution >= 0.6 is 11.6 Å². The van der Waals surface area contributed by atoms with E-state index in [1.807, 2.05) is 48.5 Å². The Morgan fingerprint density at radius 2 is 1.60 bits per heavy atom. The maximum atomic E-state index is 12.2. The molecule has 4 aromatic rings. The van der Waals surface area contributed by atoms with Gasteiger partial charge in [0.15, 0.2) is 0 Å². The second kappa shape index (κ2) is 6.54. The van der Waals surface area contributed by atoms with Gasteiger partial charge in [0.05, 0.1) is 12.2 Å². The van der Waals surface area contributed by atoms with Gasteiger partial charge in [0.1, 0.15) is 0 Å². The average Bonchev–Trinajstić information content (AvgIpc) is 2.65. The van der Waals surface area contributed by atoms with Gasteiger partial charge in [-0.2, -0.15) is 5.10 Å². The number of fused-ring (bicyclic) bond motifs is 1. The molecule has 0 bridgehead atoms. The lowest BCUT2D eigenvalue weighted by Crippen LogP contribution is -2.22. The van der Waals surface area contributed by atoms with Crippen LogP contribution in [0.4, 0.5) is 0 Å². The first kappa shape index (κ1) is 15.6. The molecular formula is C21H15ClN2O. The SMILES string of the molecule is O=c1ccc(-c2cccc3ccccc23)nn1Cc1ccc(Cl)cc1. The van der Waals surface area contributed by atoms with Crippen molar-refractivity contribution in [2.45, 2.75) is 6.54 Å². The minimum absolute atomic E-state index is 0.126. The summed E-state index contributed by atoms with van der Waals surface area (Å²) in [4.78, 5) is 12.2. The Morgan fingerprint density at radius 1 is 0.840 bits per heavy atom. The van der Waals surface area contributed by atoms with Crippen LogP contribution in [-0.2, 0) is 6.54 Å². The molecule has 0 saturated heterocycles. The molecule has 0 aliphatic rings. The van der Waals surface area contributed by atoms with Crippen LogP contribution in [0, 0.1) is 0 Å². The summed E-state index contributed by atoms with van der Waals surface area (Å²) in [6.45, 7) is 0.411. The zero-order valence-corrected chi connectivity index (χ0v) is 14.1. The maximum Gasteiger partial charge on any atom is 0.267 e. The summed E-state index contributed by atoms with van der Waals surface area (Å²) in [5.41, 5.74) is 2.65. The number of halogens is 1. The van der Waals surface area contributed by atoms with E-state index in [2.05, 4.69) is 23.3 Å². The monoisotopic (exact) mass is 346 g/mol. The van der Waals surface area contributed by atoms with Crippen molar-refractivity contribution >= 4 is 22.4 Å². The summed E-state index contributed by atoms with van der Waals surface area (Å²) in [5.74, 6) is 0. The lowest BCUT2D eigenvalue weighted by molar-refractivity contribution is 0.643. The zero-order chi connectivity index (χ0) is 17.2. The maximum absolute atomic E-state index is 12.2. The van der Waals surface area contributed by atoms with Crippen LogP contribution in [0.1, 0.15) is 5.56 Å². The summed E-state index contributed by atoms with van der Waals surface area (Å²) in [5, 5.41) is 7.53. The van der Waals surface area contributed by atoms with E-state index in [0.717, 1.165) is 27.6 Å². The largest absolute Gasteiger partial charge is 0.268 e. The van der Waals surface area contributed by atoms with E-state index in [9.17, 15) is 4.79 Å². The van der Waals surface area contributed by atoms with Crippen molar-refractivity contribution in [3.63, 3.8) is 0 Å². The Kier molecular flexibility index (Phi) is 4.08. The van der Waals surface area contributed by atoms with Crippen LogP contribution < -0.4 is 5.56 Å². The van der Waals surface area contributed by atoms with E-state index in [-0.39, 0.29) is 5.56 Å². The molecule has 0 amide bonds. The second-order valence-corrected chi connectivity index (χ2v) is 6.30. The molecule has 0 N–H and O–H groups in total. The smallest absolute Gasteiger partial charge is 0.267 e. The van der Waals surface area contributed by atoms with Crippen molar-refractivity contribution < 1.29 is 0 Å². The van der Waals surface area contributed by atoms with Gasteiger partial charge < -0.3 is 0 Å². The topological polar surface area (TPSA) is 34.9 Å². The van der Waals surface area contributed by atoms with E-state index in [1.54, 1.807) is 12.1 Å². The molecule has 0 spiro atoms. The number of benzene rings is 3. The molecule has 4 heteroatoms. The lowest BCUT2D eigenvalue weighted by atomic mass is 10.0. The highest BCUT2D eigenvalue weighted by Crippen LogP contribution is 2.26. The molecule has 122 valence electrons. The molecule has 0 fully saturated rings. The quantitative estimate of drug-likeness (QED) is 0.536. The number of hydrogen-bond donors (Lipinski definition) is 0. The summed E-state index contributed by atoms with van der Waals surface area (Å²) in [6, 6.07) is 25.1. The Balaban J connectivity index is 1.79. The Morgan fingerprint density at radius 3 is 2.44 bits per heavy atom. The Labute approximate surface area is 150 Å². The minimum atomic E-state index is -0.126. The number of aromatic nitrogens is 2. The molecule has 3 aromatic carbocycles. The third-order valence-corrected chi connectivity index (χ3v) is 4.43. The van der Waals surface area contributed by atoms with Crippen LogP contribution in [0.2, 0.25) is 5.02 Å². The molecule has 0 saturated carbocycles. The highest BCUT2D eigenvalue weighted by Gasteiger charge is 2.07. The zero-order valence-electron chi connectivity index (χ0n) is 13.4. The van der Waals surface area contributed by atoms with E-state index < -0.39 is 0 Å². The fourth-order valence-electron chi connectivity index (χ4n) is 2.92. The first-order chi connectivity index (χ1) is 12.2. The predicted molar refractivity (Wildman–Crippen MR) is 102 cm³/mol. The normalized spacial score (nSPS) is 10.9. The lowest BCUT2D eigenvalue weighted by Gasteiger charge is -2.09. The third kappa shape index (κ3) is 3.19. The molecule has 0 aliphatic heterocycles. The van der Waals surface area contributed by atoms with Crippen molar-refractivity contribution in [2.75, 3.05) is 0 Å². The van der Waals surface area contributed by atoms with Gasteiger partial charge in [-0.05, 0) is 34.5 Å². The van der Waals surface area contributed by atoms with Gasteiger partial charge in [-0.1, -0.05) is 66.2 Å². The Bertz CT molecular complexity index is 1100. The molecule has 0 aliphatic carbocycles. The van der Waals surface area contributed by atoms with Crippen LogP contribution in [0.25, 0.3) is 22.0 Å². The Hall–Kier alpha value is -2.91. The molecule has 1 heterocycles. The fourth-order valence-corrected chi connectivity index (χ4v) is 3.04. The minimum Gasteiger partial charge on any atom is -0.268 e. The van der Waals surface area contributed by atoms with Crippen LogP contribution in [-0.4, -0.2) is 9.78 Å². The summed E-state index contributed by atoms with van der Waals surface area (Å²) in [6.07, 6.45) is 0. The van der Waals surface area contributed by atoms with Crippen molar-refractivity contribution in [1.82, 2.24) is 9.78 Å². The average molecular weight is 347 g/mol. The van der Waals surface area contributed by atoms with Crippen LogP contribution in [0.3, 0.4) is 0 Å². The van der Waals surface area contributed by atoms with Crippen LogP contribution in [0.15, 0.2) is 83.7 Å². The van der Waals surface area contributed by atoms with Crippen LogP contribution in [0.5, 0.6) is 0 Å². The molecule has 0 atom stereocenters. The van der Waals surface area contributed by atoms with Crippen molar-refractivity contribution in [2.24, 2.45) is 0 Å². The molecule has 0 radical (unpaired) electrons. The number of rotatable bonds is 3. The van der Waals surface area contributed by atoms with E-state index in [0.29, 0.717) is 11.6 Å². The van der Waals surface area contributed by atoms with Crippen molar-refractivity contribution in [3.05, 3.63) is 99.8 Å². The third-order valence-electron chi connectivity index (χ3n) is 4.18. The second-order valence-electron chi connectivity index (χ2n) is 5.87. The first-order valence-corrected chi connectivity index (χ1v) is 8.39. The first-order valence-electron chi connectivity index (χ1n) is 8.01. The molecule has 0 unspecified atom stereocenters. The highest BCUT2D eigenvalue weighted by atomic mass is 35.5. The summed E-state index contributed by atoms with van der Waals surface area (Å²) < 4.78 is 1.49. The van der Waals surface area contributed by atoms with Gasteiger partial charge >= 0.3 is 0 Å². The summed E-state index contributed by atoms with van der Waals surface area (Å²) >= 11 is 5.92. The number of hydrogen-bond acceptors (Lipinski definition) is 2. The molecule has 4 rings (SSSR count). The summed E-state index contributed by atoms with van der Waals surface area (Å²) in [7, 11) is 0. The van der Waals surface area contributed by atoms with Gasteiger partial charge in [0.2, 0.25) is 0 Å². The highest BCUT2D eigenvalue weighted by molar-refractivity contribution is 6.30. The molecular weight excluding hydrogens is 332 g/mol. The van der Waals surface area contributed by atoms with Gasteiger partial charge in [0, 0.05) is 16.7 Å². The van der Waals surface area contributed by atoms with Crippen molar-refractivity contribution in [1.29, 1.82) is 0 Å². The molecule has 25 heavy (non-hydrogen) atoms. The van der Waals surface area contributed by atoms with Gasteiger partial charge in [-0.25, -0.2) is 4.68 Å². The van der Waals surface area contributed by atoms with Gasteiger partial charge in [-0.3, -0.25) is 4.79 Å².